The van der Waals surface area contributed by atoms with Crippen molar-refractivity contribution in [2.24, 2.45) is 5.73 Å². The average molecular weight is 326 g/mol. The minimum absolute atomic E-state index is 0.000480. The molecule has 122 valence electrons. The number of hydrogen-bond acceptors (Lipinski definition) is 4. The SMILES string of the molecule is CC[C@@H](C)c1ccc(S(=O)(=O)N2CCOC[C@H]2C(N)=O)cc1. The molecule has 0 aromatic heterocycles. The van der Waals surface area contributed by atoms with Crippen molar-refractivity contribution in [2.45, 2.75) is 37.1 Å². The molecule has 22 heavy (non-hydrogen) atoms. The van der Waals surface area contributed by atoms with Gasteiger partial charge in [0.2, 0.25) is 15.9 Å². The molecule has 1 aromatic rings. The number of benzene rings is 1. The van der Waals surface area contributed by atoms with Crippen molar-refractivity contribution < 1.29 is 17.9 Å². The van der Waals surface area contributed by atoms with E-state index in [9.17, 15) is 13.2 Å². The molecule has 1 heterocycles. The summed E-state index contributed by atoms with van der Waals surface area (Å²) in [7, 11) is -3.75. The summed E-state index contributed by atoms with van der Waals surface area (Å²) in [6, 6.07) is 5.86. The van der Waals surface area contributed by atoms with Crippen LogP contribution >= 0.6 is 0 Å². The second-order valence-corrected chi connectivity index (χ2v) is 7.38. The second-order valence-electron chi connectivity index (χ2n) is 5.49. The largest absolute Gasteiger partial charge is 0.378 e. The molecule has 1 aromatic carbocycles. The standard InChI is InChI=1S/C15H22N2O4S/c1-3-11(2)12-4-6-13(7-5-12)22(19,20)17-8-9-21-10-14(17)15(16)18/h4-7,11,14H,3,8-10H2,1-2H3,(H2,16,18)/t11-,14+/m1/s1. The predicted octanol–water partition coefficient (Wildman–Crippen LogP) is 1.07. The van der Waals surface area contributed by atoms with Crippen LogP contribution in [0.3, 0.4) is 0 Å². The number of carbonyl (C=O) groups excluding carboxylic acids is 1. The van der Waals surface area contributed by atoms with Gasteiger partial charge in [0.05, 0.1) is 18.1 Å². The summed E-state index contributed by atoms with van der Waals surface area (Å²) in [4.78, 5) is 11.6. The Morgan fingerprint density at radius 3 is 2.59 bits per heavy atom. The highest BCUT2D eigenvalue weighted by Crippen LogP contribution is 2.24. The second kappa shape index (κ2) is 6.76. The van der Waals surface area contributed by atoms with Crippen LogP contribution in [0.15, 0.2) is 29.2 Å². The van der Waals surface area contributed by atoms with Crippen molar-refractivity contribution >= 4 is 15.9 Å². The van der Waals surface area contributed by atoms with E-state index in [0.29, 0.717) is 5.92 Å². The summed E-state index contributed by atoms with van der Waals surface area (Å²) in [6.07, 6.45) is 0.985. The zero-order chi connectivity index (χ0) is 16.3. The highest BCUT2D eigenvalue weighted by Gasteiger charge is 2.37. The topological polar surface area (TPSA) is 89.7 Å². The smallest absolute Gasteiger partial charge is 0.243 e. The number of sulfonamides is 1. The minimum atomic E-state index is -3.75. The molecular formula is C15H22N2O4S. The lowest BCUT2D eigenvalue weighted by Gasteiger charge is -2.32. The molecule has 0 radical (unpaired) electrons. The lowest BCUT2D eigenvalue weighted by molar-refractivity contribution is -0.125. The van der Waals surface area contributed by atoms with E-state index in [0.717, 1.165) is 16.3 Å². The highest BCUT2D eigenvalue weighted by molar-refractivity contribution is 7.89. The molecule has 0 unspecified atom stereocenters. The molecule has 1 amide bonds. The molecule has 0 bridgehead atoms. The van der Waals surface area contributed by atoms with Crippen molar-refractivity contribution in [3.63, 3.8) is 0 Å². The highest BCUT2D eigenvalue weighted by atomic mass is 32.2. The number of ether oxygens (including phenoxy) is 1. The van der Waals surface area contributed by atoms with Gasteiger partial charge in [0, 0.05) is 6.54 Å². The first-order chi connectivity index (χ1) is 10.4. The first-order valence-corrected chi connectivity index (χ1v) is 8.80. The molecule has 1 saturated heterocycles. The Morgan fingerprint density at radius 1 is 1.41 bits per heavy atom. The summed E-state index contributed by atoms with van der Waals surface area (Å²) in [6.45, 7) is 4.56. The van der Waals surface area contributed by atoms with Gasteiger partial charge in [0.15, 0.2) is 0 Å². The first kappa shape index (κ1) is 16.9. The number of morpholine rings is 1. The zero-order valence-electron chi connectivity index (χ0n) is 12.9. The van der Waals surface area contributed by atoms with Crippen molar-refractivity contribution in [3.8, 4) is 0 Å². The van der Waals surface area contributed by atoms with Crippen LogP contribution in [0.25, 0.3) is 0 Å². The van der Waals surface area contributed by atoms with Crippen LogP contribution in [0.1, 0.15) is 31.7 Å². The first-order valence-electron chi connectivity index (χ1n) is 7.36. The molecule has 1 aliphatic heterocycles. The normalized spacial score (nSPS) is 21.5. The molecule has 2 atom stereocenters. The number of amides is 1. The van der Waals surface area contributed by atoms with Gasteiger partial charge >= 0.3 is 0 Å². The van der Waals surface area contributed by atoms with E-state index in [2.05, 4.69) is 13.8 Å². The Balaban J connectivity index is 2.30. The molecular weight excluding hydrogens is 304 g/mol. The van der Waals surface area contributed by atoms with Crippen LogP contribution in [-0.4, -0.2) is 44.4 Å². The number of nitrogens with two attached hydrogens (primary N) is 1. The van der Waals surface area contributed by atoms with E-state index in [1.165, 1.54) is 0 Å². The number of carbonyl (C=O) groups is 1. The Morgan fingerprint density at radius 2 is 2.05 bits per heavy atom. The van der Waals surface area contributed by atoms with E-state index in [1.807, 2.05) is 12.1 Å². The van der Waals surface area contributed by atoms with Crippen LogP contribution in [0.5, 0.6) is 0 Å². The van der Waals surface area contributed by atoms with Gasteiger partial charge in [-0.05, 0) is 30.0 Å². The van der Waals surface area contributed by atoms with E-state index in [4.69, 9.17) is 10.5 Å². The van der Waals surface area contributed by atoms with Gasteiger partial charge in [-0.3, -0.25) is 4.79 Å². The molecule has 2 N–H and O–H groups in total. The van der Waals surface area contributed by atoms with Gasteiger partial charge in [-0.15, -0.1) is 0 Å². The van der Waals surface area contributed by atoms with E-state index < -0.39 is 22.0 Å². The van der Waals surface area contributed by atoms with Crippen LogP contribution in [0, 0.1) is 0 Å². The monoisotopic (exact) mass is 326 g/mol. The fraction of sp³-hybridized carbons (Fsp3) is 0.533. The molecule has 2 rings (SSSR count). The van der Waals surface area contributed by atoms with Gasteiger partial charge in [0.25, 0.3) is 0 Å². The summed E-state index contributed by atoms with van der Waals surface area (Å²) < 4.78 is 31.7. The fourth-order valence-electron chi connectivity index (χ4n) is 2.44. The average Bonchev–Trinajstić information content (AvgIpc) is 2.54. The Hall–Kier alpha value is -1.44. The Labute approximate surface area is 131 Å². The van der Waals surface area contributed by atoms with Crippen LogP contribution in [0.2, 0.25) is 0 Å². The Kier molecular flexibility index (Phi) is 5.20. The van der Waals surface area contributed by atoms with Crippen LogP contribution in [0.4, 0.5) is 0 Å². The lowest BCUT2D eigenvalue weighted by atomic mass is 9.99. The van der Waals surface area contributed by atoms with Crippen LogP contribution < -0.4 is 5.73 Å². The quantitative estimate of drug-likeness (QED) is 0.876. The van der Waals surface area contributed by atoms with Crippen LogP contribution in [-0.2, 0) is 19.6 Å². The third-order valence-corrected chi connectivity index (χ3v) is 6.00. The summed E-state index contributed by atoms with van der Waals surface area (Å²) in [5, 5.41) is 0. The molecule has 0 spiro atoms. The van der Waals surface area contributed by atoms with E-state index in [-0.39, 0.29) is 24.7 Å². The van der Waals surface area contributed by atoms with Gasteiger partial charge in [-0.2, -0.15) is 4.31 Å². The van der Waals surface area contributed by atoms with Crippen molar-refractivity contribution in [1.82, 2.24) is 4.31 Å². The van der Waals surface area contributed by atoms with E-state index >= 15 is 0 Å². The number of nitrogens with zero attached hydrogens (tertiary/aromatic N) is 1. The number of rotatable bonds is 5. The maximum atomic E-state index is 12.7. The number of hydrogen-bond donors (Lipinski definition) is 1. The van der Waals surface area contributed by atoms with Gasteiger partial charge in [0.1, 0.15) is 6.04 Å². The van der Waals surface area contributed by atoms with Gasteiger partial charge < -0.3 is 10.5 Å². The Bertz CT molecular complexity index is 627. The molecule has 0 saturated carbocycles. The van der Waals surface area contributed by atoms with Gasteiger partial charge in [-0.25, -0.2) is 8.42 Å². The third-order valence-electron chi connectivity index (χ3n) is 4.08. The van der Waals surface area contributed by atoms with E-state index in [1.54, 1.807) is 12.1 Å². The van der Waals surface area contributed by atoms with Crippen molar-refractivity contribution in [2.75, 3.05) is 19.8 Å². The minimum Gasteiger partial charge on any atom is -0.378 e. The predicted molar refractivity (Wildman–Crippen MR) is 82.8 cm³/mol. The molecule has 0 aliphatic carbocycles. The summed E-state index contributed by atoms with van der Waals surface area (Å²) in [5.74, 6) is -0.321. The van der Waals surface area contributed by atoms with Crippen molar-refractivity contribution in [3.05, 3.63) is 29.8 Å². The third kappa shape index (κ3) is 3.31. The fourth-order valence-corrected chi connectivity index (χ4v) is 4.01. The molecule has 6 nitrogen and oxygen atoms in total. The zero-order valence-corrected chi connectivity index (χ0v) is 13.7. The van der Waals surface area contributed by atoms with Crippen molar-refractivity contribution in [1.29, 1.82) is 0 Å². The molecule has 7 heteroatoms. The molecule has 1 aliphatic rings. The molecule has 1 fully saturated rings. The maximum absolute atomic E-state index is 12.7. The summed E-state index contributed by atoms with van der Waals surface area (Å²) >= 11 is 0. The lowest BCUT2D eigenvalue weighted by Crippen LogP contribution is -2.54. The van der Waals surface area contributed by atoms with Gasteiger partial charge in [-0.1, -0.05) is 26.0 Å². The number of primary amides is 1. The summed E-state index contributed by atoms with van der Waals surface area (Å²) in [5.41, 5.74) is 6.38. The maximum Gasteiger partial charge on any atom is 0.243 e.